The first-order valence-corrected chi connectivity index (χ1v) is 6.94. The monoisotopic (exact) mass is 386 g/mol. The molecule has 0 saturated carbocycles. The number of aromatic amines is 1. The van der Waals surface area contributed by atoms with Crippen molar-refractivity contribution in [3.63, 3.8) is 0 Å². The van der Waals surface area contributed by atoms with Crippen molar-refractivity contribution in [1.82, 2.24) is 9.97 Å². The number of aromatic nitrogens is 2. The van der Waals surface area contributed by atoms with Gasteiger partial charge in [-0.1, -0.05) is 15.9 Å². The van der Waals surface area contributed by atoms with Gasteiger partial charge in [-0.3, -0.25) is 0 Å². The molecule has 0 aliphatic carbocycles. The molecule has 0 amide bonds. The molecule has 2 aromatic carbocycles. The third-order valence-corrected chi connectivity index (χ3v) is 3.88. The summed E-state index contributed by atoms with van der Waals surface area (Å²) in [5.74, 6) is -1.35. The van der Waals surface area contributed by atoms with E-state index in [-0.39, 0.29) is 5.52 Å². The smallest absolute Gasteiger partial charge is 0.186 e. The summed E-state index contributed by atoms with van der Waals surface area (Å²) in [7, 11) is 0. The van der Waals surface area contributed by atoms with Gasteiger partial charge >= 0.3 is 0 Å². The molecule has 19 heavy (non-hydrogen) atoms. The standard InChI is InChI=1S/C13H6Br2F2N2/c14-6-1-2-7(8(15)5-6)13-18-10-4-3-9(16)11(17)12(10)19-13/h1-5H,(H,18,19). The van der Waals surface area contributed by atoms with Crippen molar-refractivity contribution < 1.29 is 8.78 Å². The van der Waals surface area contributed by atoms with Crippen molar-refractivity contribution in [3.05, 3.63) is 50.9 Å². The molecular formula is C13H6Br2F2N2. The fourth-order valence-electron chi connectivity index (χ4n) is 1.83. The van der Waals surface area contributed by atoms with Crippen LogP contribution in [0.2, 0.25) is 0 Å². The Bertz CT molecular complexity index is 784. The van der Waals surface area contributed by atoms with Crippen molar-refractivity contribution in [2.75, 3.05) is 0 Å². The lowest BCUT2D eigenvalue weighted by molar-refractivity contribution is 0.515. The zero-order valence-corrected chi connectivity index (χ0v) is 12.5. The Hall–Kier alpha value is -1.27. The van der Waals surface area contributed by atoms with E-state index < -0.39 is 11.6 Å². The summed E-state index contributed by atoms with van der Waals surface area (Å²) in [4.78, 5) is 7.10. The number of benzene rings is 2. The Morgan fingerprint density at radius 2 is 1.84 bits per heavy atom. The molecular weight excluding hydrogens is 382 g/mol. The number of fused-ring (bicyclic) bond motifs is 1. The third kappa shape index (κ3) is 2.19. The second-order valence-electron chi connectivity index (χ2n) is 3.97. The summed E-state index contributed by atoms with van der Waals surface area (Å²) in [5.41, 5.74) is 1.24. The summed E-state index contributed by atoms with van der Waals surface area (Å²) >= 11 is 6.77. The molecule has 1 heterocycles. The van der Waals surface area contributed by atoms with E-state index in [4.69, 9.17) is 0 Å². The van der Waals surface area contributed by atoms with Crippen LogP contribution in [0.3, 0.4) is 0 Å². The Morgan fingerprint density at radius 1 is 1.05 bits per heavy atom. The van der Waals surface area contributed by atoms with Crippen LogP contribution in [0.5, 0.6) is 0 Å². The largest absolute Gasteiger partial charge is 0.338 e. The van der Waals surface area contributed by atoms with Crippen molar-refractivity contribution in [2.24, 2.45) is 0 Å². The normalized spacial score (nSPS) is 11.2. The lowest BCUT2D eigenvalue weighted by Crippen LogP contribution is -1.84. The molecule has 0 bridgehead atoms. The number of hydrogen-bond donors (Lipinski definition) is 1. The van der Waals surface area contributed by atoms with Gasteiger partial charge in [-0.25, -0.2) is 13.8 Å². The molecule has 0 aliphatic heterocycles. The topological polar surface area (TPSA) is 28.7 Å². The van der Waals surface area contributed by atoms with Gasteiger partial charge in [0, 0.05) is 14.5 Å². The number of H-pyrrole nitrogens is 1. The Kier molecular flexibility index (Phi) is 3.14. The van der Waals surface area contributed by atoms with Gasteiger partial charge in [0.1, 0.15) is 11.3 Å². The van der Waals surface area contributed by atoms with Crippen molar-refractivity contribution in [3.8, 4) is 11.4 Å². The van der Waals surface area contributed by atoms with Crippen LogP contribution in [0.25, 0.3) is 22.4 Å². The number of rotatable bonds is 1. The van der Waals surface area contributed by atoms with Gasteiger partial charge in [0.05, 0.1) is 5.52 Å². The van der Waals surface area contributed by atoms with E-state index in [9.17, 15) is 8.78 Å². The molecule has 3 aromatic rings. The van der Waals surface area contributed by atoms with Crippen LogP contribution >= 0.6 is 31.9 Å². The maximum atomic E-state index is 13.6. The average molecular weight is 388 g/mol. The van der Waals surface area contributed by atoms with Crippen LogP contribution in [0.15, 0.2) is 39.3 Å². The Morgan fingerprint density at radius 3 is 2.58 bits per heavy atom. The third-order valence-electron chi connectivity index (χ3n) is 2.73. The summed E-state index contributed by atoms with van der Waals surface area (Å²) in [6.45, 7) is 0. The van der Waals surface area contributed by atoms with Crippen molar-refractivity contribution in [1.29, 1.82) is 0 Å². The maximum Gasteiger partial charge on any atom is 0.186 e. The van der Waals surface area contributed by atoms with Gasteiger partial charge in [-0.15, -0.1) is 0 Å². The minimum Gasteiger partial charge on any atom is -0.338 e. The zero-order chi connectivity index (χ0) is 13.6. The van der Waals surface area contributed by atoms with E-state index in [1.165, 1.54) is 6.07 Å². The summed E-state index contributed by atoms with van der Waals surface area (Å²) in [5, 5.41) is 0. The highest BCUT2D eigenvalue weighted by molar-refractivity contribution is 9.11. The number of nitrogens with zero attached hydrogens (tertiary/aromatic N) is 1. The van der Waals surface area contributed by atoms with E-state index in [1.807, 2.05) is 18.2 Å². The van der Waals surface area contributed by atoms with Gasteiger partial charge in [0.2, 0.25) is 0 Å². The first-order chi connectivity index (χ1) is 9.06. The van der Waals surface area contributed by atoms with Crippen molar-refractivity contribution >= 4 is 42.9 Å². The van der Waals surface area contributed by atoms with Crippen LogP contribution in [0.1, 0.15) is 0 Å². The molecule has 96 valence electrons. The highest BCUT2D eigenvalue weighted by Crippen LogP contribution is 2.31. The van der Waals surface area contributed by atoms with Crippen LogP contribution < -0.4 is 0 Å². The number of halogens is 4. The zero-order valence-electron chi connectivity index (χ0n) is 9.35. The highest BCUT2D eigenvalue weighted by Gasteiger charge is 2.14. The molecule has 3 rings (SSSR count). The second-order valence-corrected chi connectivity index (χ2v) is 5.74. The quantitative estimate of drug-likeness (QED) is 0.623. The summed E-state index contributed by atoms with van der Waals surface area (Å²) in [6.07, 6.45) is 0. The molecule has 0 atom stereocenters. The fourth-order valence-corrected chi connectivity index (χ4v) is 3.06. The van der Waals surface area contributed by atoms with E-state index in [1.54, 1.807) is 0 Å². The van der Waals surface area contributed by atoms with Crippen molar-refractivity contribution in [2.45, 2.75) is 0 Å². The van der Waals surface area contributed by atoms with Gasteiger partial charge < -0.3 is 4.98 Å². The molecule has 0 saturated heterocycles. The summed E-state index contributed by atoms with van der Waals surface area (Å²) in [6, 6.07) is 8.09. The number of hydrogen-bond acceptors (Lipinski definition) is 1. The molecule has 0 spiro atoms. The Labute approximate surface area is 124 Å². The first-order valence-electron chi connectivity index (χ1n) is 5.35. The average Bonchev–Trinajstić information content (AvgIpc) is 2.78. The molecule has 0 radical (unpaired) electrons. The number of imidazole rings is 1. The molecule has 2 nitrogen and oxygen atoms in total. The van der Waals surface area contributed by atoms with Crippen LogP contribution in [0.4, 0.5) is 8.78 Å². The summed E-state index contributed by atoms with van der Waals surface area (Å²) < 4.78 is 28.5. The first kappa shape index (κ1) is 12.7. The van der Waals surface area contributed by atoms with E-state index in [0.717, 1.165) is 20.6 Å². The minimum atomic E-state index is -0.937. The molecule has 0 fully saturated rings. The Balaban J connectivity index is 2.23. The molecule has 1 N–H and O–H groups in total. The van der Waals surface area contributed by atoms with Crippen LogP contribution in [-0.4, -0.2) is 9.97 Å². The van der Waals surface area contributed by atoms with Gasteiger partial charge in [0.15, 0.2) is 11.6 Å². The SMILES string of the molecule is Fc1ccc2[nH]c(-c3ccc(Br)cc3Br)nc2c1F. The second kappa shape index (κ2) is 4.68. The highest BCUT2D eigenvalue weighted by atomic mass is 79.9. The van der Waals surface area contributed by atoms with Crippen LogP contribution in [-0.2, 0) is 0 Å². The van der Waals surface area contributed by atoms with Gasteiger partial charge in [-0.05, 0) is 46.3 Å². The maximum absolute atomic E-state index is 13.6. The minimum absolute atomic E-state index is 0.00446. The lowest BCUT2D eigenvalue weighted by atomic mass is 10.2. The molecule has 0 aliphatic rings. The van der Waals surface area contributed by atoms with E-state index >= 15 is 0 Å². The van der Waals surface area contributed by atoms with E-state index in [0.29, 0.717) is 11.3 Å². The fraction of sp³-hybridized carbons (Fsp3) is 0. The number of nitrogens with one attached hydrogen (secondary N) is 1. The lowest BCUT2D eigenvalue weighted by Gasteiger charge is -2.00. The van der Waals surface area contributed by atoms with Crippen LogP contribution in [0, 0.1) is 11.6 Å². The molecule has 1 aromatic heterocycles. The van der Waals surface area contributed by atoms with Gasteiger partial charge in [0.25, 0.3) is 0 Å². The molecule has 6 heteroatoms. The molecule has 0 unspecified atom stereocenters. The predicted molar refractivity (Wildman–Crippen MR) is 76.8 cm³/mol. The van der Waals surface area contributed by atoms with E-state index in [2.05, 4.69) is 41.8 Å². The van der Waals surface area contributed by atoms with Gasteiger partial charge in [-0.2, -0.15) is 0 Å². The predicted octanol–water partition coefficient (Wildman–Crippen LogP) is 5.03.